The molecule has 132 valence electrons. The summed E-state index contributed by atoms with van der Waals surface area (Å²) in [5.74, 6) is -0.460. The van der Waals surface area contributed by atoms with Gasteiger partial charge in [-0.3, -0.25) is 9.10 Å². The van der Waals surface area contributed by atoms with E-state index in [-0.39, 0.29) is 12.1 Å². The highest BCUT2D eigenvalue weighted by Crippen LogP contribution is 2.25. The summed E-state index contributed by atoms with van der Waals surface area (Å²) in [5, 5.41) is 3.90. The number of hydrazone groups is 1. The van der Waals surface area contributed by atoms with E-state index >= 15 is 0 Å². The van der Waals surface area contributed by atoms with Crippen LogP contribution in [0.3, 0.4) is 0 Å². The molecule has 0 bridgehead atoms. The Morgan fingerprint density at radius 3 is 2.24 bits per heavy atom. The maximum absolute atomic E-state index is 12.4. The van der Waals surface area contributed by atoms with Gasteiger partial charge in [-0.15, -0.1) is 0 Å². The molecule has 0 radical (unpaired) electrons. The topological polar surface area (TPSA) is 78.8 Å². The summed E-state index contributed by atoms with van der Waals surface area (Å²) in [6, 6.07) is 15.8. The SMILES string of the molecule is CC(C)=NNC(=O)c1ccccc1N(Cc1ccccc1)S(C)(=O)=O. The number of carbonyl (C=O) groups excluding carboxylic acids is 1. The molecule has 0 unspecified atom stereocenters. The molecule has 0 heterocycles. The Labute approximate surface area is 148 Å². The van der Waals surface area contributed by atoms with Crippen LogP contribution in [0.15, 0.2) is 59.7 Å². The van der Waals surface area contributed by atoms with Crippen molar-refractivity contribution in [3.05, 3.63) is 65.7 Å². The Balaban J connectivity index is 2.45. The molecule has 7 heteroatoms. The van der Waals surface area contributed by atoms with Gasteiger partial charge >= 0.3 is 0 Å². The molecule has 25 heavy (non-hydrogen) atoms. The summed E-state index contributed by atoms with van der Waals surface area (Å²) in [6.07, 6.45) is 1.12. The lowest BCUT2D eigenvalue weighted by Gasteiger charge is -2.24. The van der Waals surface area contributed by atoms with Crippen LogP contribution >= 0.6 is 0 Å². The van der Waals surface area contributed by atoms with Gasteiger partial charge in [-0.25, -0.2) is 13.8 Å². The third-order valence-electron chi connectivity index (χ3n) is 3.37. The van der Waals surface area contributed by atoms with Crippen LogP contribution in [-0.2, 0) is 16.6 Å². The zero-order valence-electron chi connectivity index (χ0n) is 14.4. The molecule has 2 aromatic rings. The van der Waals surface area contributed by atoms with Crippen molar-refractivity contribution in [1.82, 2.24) is 5.43 Å². The standard InChI is InChI=1S/C18H21N3O3S/c1-14(2)19-20-18(22)16-11-7-8-12-17(16)21(25(3,23)24)13-15-9-5-4-6-10-15/h4-12H,13H2,1-3H3,(H,20,22). The first-order valence-electron chi connectivity index (χ1n) is 7.71. The van der Waals surface area contributed by atoms with E-state index in [0.717, 1.165) is 11.8 Å². The summed E-state index contributed by atoms with van der Waals surface area (Å²) in [4.78, 5) is 12.4. The molecule has 0 aliphatic carbocycles. The molecule has 2 aromatic carbocycles. The number of para-hydroxylation sites is 1. The number of nitrogens with one attached hydrogen (secondary N) is 1. The second-order valence-electron chi connectivity index (χ2n) is 5.77. The highest BCUT2D eigenvalue weighted by Gasteiger charge is 2.23. The molecule has 0 aromatic heterocycles. The zero-order valence-corrected chi connectivity index (χ0v) is 15.2. The van der Waals surface area contributed by atoms with E-state index in [9.17, 15) is 13.2 Å². The van der Waals surface area contributed by atoms with Crippen molar-refractivity contribution in [1.29, 1.82) is 0 Å². The van der Waals surface area contributed by atoms with Gasteiger partial charge in [0, 0.05) is 5.71 Å². The number of anilines is 1. The first-order valence-corrected chi connectivity index (χ1v) is 9.56. The lowest BCUT2D eigenvalue weighted by Crippen LogP contribution is -2.32. The summed E-state index contributed by atoms with van der Waals surface area (Å²) in [6.45, 7) is 3.65. The summed E-state index contributed by atoms with van der Waals surface area (Å²) < 4.78 is 25.9. The molecule has 0 saturated carbocycles. The molecular weight excluding hydrogens is 338 g/mol. The normalized spacial score (nSPS) is 10.8. The van der Waals surface area contributed by atoms with Crippen LogP contribution in [0.25, 0.3) is 0 Å². The van der Waals surface area contributed by atoms with Gasteiger partial charge < -0.3 is 0 Å². The molecule has 0 atom stereocenters. The predicted molar refractivity (Wildman–Crippen MR) is 100 cm³/mol. The second-order valence-corrected chi connectivity index (χ2v) is 7.68. The quantitative estimate of drug-likeness (QED) is 0.636. The maximum Gasteiger partial charge on any atom is 0.273 e. The van der Waals surface area contributed by atoms with E-state index in [1.807, 2.05) is 30.3 Å². The van der Waals surface area contributed by atoms with E-state index in [1.165, 1.54) is 4.31 Å². The highest BCUT2D eigenvalue weighted by atomic mass is 32.2. The Bertz CT molecular complexity index is 873. The monoisotopic (exact) mass is 359 g/mol. The van der Waals surface area contributed by atoms with Crippen LogP contribution in [0.2, 0.25) is 0 Å². The lowest BCUT2D eigenvalue weighted by atomic mass is 10.1. The second kappa shape index (κ2) is 7.94. The molecular formula is C18H21N3O3S. The van der Waals surface area contributed by atoms with Crippen LogP contribution in [0, 0.1) is 0 Å². The number of sulfonamides is 1. The van der Waals surface area contributed by atoms with Crippen molar-refractivity contribution in [2.24, 2.45) is 5.10 Å². The number of benzene rings is 2. The average Bonchev–Trinajstić information content (AvgIpc) is 2.57. The van der Waals surface area contributed by atoms with Gasteiger partial charge in [0.05, 0.1) is 24.1 Å². The van der Waals surface area contributed by atoms with Crippen LogP contribution < -0.4 is 9.73 Å². The lowest BCUT2D eigenvalue weighted by molar-refractivity contribution is 0.0955. The molecule has 0 spiro atoms. The Morgan fingerprint density at radius 2 is 1.64 bits per heavy atom. The molecule has 0 aliphatic heterocycles. The van der Waals surface area contributed by atoms with Crippen molar-refractivity contribution < 1.29 is 13.2 Å². The molecule has 0 fully saturated rings. The summed E-state index contributed by atoms with van der Waals surface area (Å²) >= 11 is 0. The number of carbonyl (C=O) groups is 1. The van der Waals surface area contributed by atoms with Gasteiger partial charge in [0.2, 0.25) is 10.0 Å². The van der Waals surface area contributed by atoms with E-state index in [0.29, 0.717) is 11.4 Å². The van der Waals surface area contributed by atoms with Crippen LogP contribution in [-0.4, -0.2) is 26.3 Å². The van der Waals surface area contributed by atoms with E-state index in [4.69, 9.17) is 0 Å². The number of rotatable bonds is 6. The van der Waals surface area contributed by atoms with Crippen LogP contribution in [0.5, 0.6) is 0 Å². The van der Waals surface area contributed by atoms with Crippen molar-refractivity contribution in [2.75, 3.05) is 10.6 Å². The molecule has 1 N–H and O–H groups in total. The number of nitrogens with zero attached hydrogens (tertiary/aromatic N) is 2. The minimum Gasteiger partial charge on any atom is -0.267 e. The van der Waals surface area contributed by atoms with E-state index in [2.05, 4.69) is 10.5 Å². The van der Waals surface area contributed by atoms with Gasteiger partial charge in [-0.2, -0.15) is 5.10 Å². The van der Waals surface area contributed by atoms with E-state index < -0.39 is 15.9 Å². The largest absolute Gasteiger partial charge is 0.273 e. The number of amides is 1. The molecule has 0 aliphatic rings. The van der Waals surface area contributed by atoms with Crippen molar-refractivity contribution >= 4 is 27.3 Å². The maximum atomic E-state index is 12.4. The van der Waals surface area contributed by atoms with E-state index in [1.54, 1.807) is 38.1 Å². The minimum atomic E-state index is -3.59. The smallest absolute Gasteiger partial charge is 0.267 e. The van der Waals surface area contributed by atoms with Crippen molar-refractivity contribution in [3.8, 4) is 0 Å². The Morgan fingerprint density at radius 1 is 1.04 bits per heavy atom. The zero-order chi connectivity index (χ0) is 18.4. The highest BCUT2D eigenvalue weighted by molar-refractivity contribution is 7.92. The molecule has 6 nitrogen and oxygen atoms in total. The first-order chi connectivity index (χ1) is 11.8. The fourth-order valence-electron chi connectivity index (χ4n) is 2.24. The number of hydrogen-bond donors (Lipinski definition) is 1. The summed E-state index contributed by atoms with van der Waals surface area (Å²) in [5.41, 5.74) is 4.51. The van der Waals surface area contributed by atoms with Gasteiger partial charge in [-0.1, -0.05) is 42.5 Å². The van der Waals surface area contributed by atoms with Gasteiger partial charge in [0.15, 0.2) is 0 Å². The van der Waals surface area contributed by atoms with Gasteiger partial charge in [0.1, 0.15) is 0 Å². The average molecular weight is 359 g/mol. The molecule has 1 amide bonds. The van der Waals surface area contributed by atoms with Crippen LogP contribution in [0.1, 0.15) is 29.8 Å². The van der Waals surface area contributed by atoms with Gasteiger partial charge in [0.25, 0.3) is 5.91 Å². The van der Waals surface area contributed by atoms with Crippen molar-refractivity contribution in [3.63, 3.8) is 0 Å². The van der Waals surface area contributed by atoms with Gasteiger partial charge in [-0.05, 0) is 31.5 Å². The third kappa shape index (κ3) is 5.15. The predicted octanol–water partition coefficient (Wildman–Crippen LogP) is 2.78. The molecule has 2 rings (SSSR count). The first kappa shape index (κ1) is 18.7. The fourth-order valence-corrected chi connectivity index (χ4v) is 3.14. The minimum absolute atomic E-state index is 0.139. The Hall–Kier alpha value is -2.67. The fraction of sp³-hybridized carbons (Fsp3) is 0.222. The molecule has 0 saturated heterocycles. The third-order valence-corrected chi connectivity index (χ3v) is 4.49. The Kier molecular flexibility index (Phi) is 5.93. The van der Waals surface area contributed by atoms with Crippen LogP contribution in [0.4, 0.5) is 5.69 Å². The summed E-state index contributed by atoms with van der Waals surface area (Å²) in [7, 11) is -3.59. The number of hydrogen-bond acceptors (Lipinski definition) is 4. The van der Waals surface area contributed by atoms with Crippen molar-refractivity contribution in [2.45, 2.75) is 20.4 Å².